The lowest BCUT2D eigenvalue weighted by molar-refractivity contribution is -0.139. The van der Waals surface area contributed by atoms with Gasteiger partial charge in [0.1, 0.15) is 0 Å². The molecule has 0 aliphatic heterocycles. The molecule has 3 N–H and O–H groups in total. The summed E-state index contributed by atoms with van der Waals surface area (Å²) in [7, 11) is 0. The van der Waals surface area contributed by atoms with Crippen LogP contribution in [0.25, 0.3) is 0 Å². The Kier molecular flexibility index (Phi) is 7.59. The molecule has 1 aromatic rings. The van der Waals surface area contributed by atoms with Crippen LogP contribution in [0, 0.1) is 0 Å². The van der Waals surface area contributed by atoms with E-state index in [1.165, 1.54) is 17.8 Å². The van der Waals surface area contributed by atoms with E-state index < -0.39 is 5.54 Å². The number of carbonyl (C=O) groups excluding carboxylic acids is 1. The van der Waals surface area contributed by atoms with Crippen LogP contribution >= 0.6 is 23.7 Å². The monoisotopic (exact) mass is 346 g/mol. The molecule has 0 unspecified atom stereocenters. The molecular weight excluding hydrogens is 320 g/mol. The van der Waals surface area contributed by atoms with Crippen molar-refractivity contribution in [1.82, 2.24) is 15.2 Å². The standard InChI is InChI=1S/C15H26N4OS.ClH/c1-3-19(4-2)13(20)15(8-6-5-7-9-15)18-11-12-10-17-14(16)21-12;/h10,18H,3-9,11H2,1-2H3,(H2,16,17);1H. The number of halogens is 1. The van der Waals surface area contributed by atoms with Crippen LogP contribution in [0.3, 0.4) is 0 Å². The fourth-order valence-electron chi connectivity index (χ4n) is 3.10. The first-order chi connectivity index (χ1) is 10.1. The highest BCUT2D eigenvalue weighted by atomic mass is 35.5. The number of nitrogens with two attached hydrogens (primary N) is 1. The molecular formula is C15H27ClN4OS. The molecule has 5 nitrogen and oxygen atoms in total. The Morgan fingerprint density at radius 1 is 1.36 bits per heavy atom. The van der Waals surface area contributed by atoms with E-state index in [2.05, 4.69) is 10.3 Å². The second-order valence-corrected chi connectivity index (χ2v) is 6.79. The molecule has 1 aliphatic rings. The number of rotatable bonds is 6. The molecule has 1 saturated carbocycles. The predicted octanol–water partition coefficient (Wildman–Crippen LogP) is 2.81. The molecule has 0 saturated heterocycles. The molecule has 7 heteroatoms. The number of amides is 1. The zero-order valence-corrected chi connectivity index (χ0v) is 15.1. The van der Waals surface area contributed by atoms with Crippen LogP contribution in [0.1, 0.15) is 50.8 Å². The Labute approximate surface area is 143 Å². The predicted molar refractivity (Wildman–Crippen MR) is 94.4 cm³/mol. The number of nitrogens with one attached hydrogen (secondary N) is 1. The maximum Gasteiger partial charge on any atom is 0.242 e. The number of aromatic nitrogens is 1. The average molecular weight is 347 g/mol. The Morgan fingerprint density at radius 3 is 2.50 bits per heavy atom. The molecule has 0 aromatic carbocycles. The molecule has 1 aliphatic carbocycles. The number of likely N-dealkylation sites (N-methyl/N-ethyl adjacent to an activating group) is 1. The molecule has 1 heterocycles. The number of carbonyl (C=O) groups is 1. The summed E-state index contributed by atoms with van der Waals surface area (Å²) >= 11 is 1.49. The molecule has 0 radical (unpaired) electrons. The molecule has 0 spiro atoms. The lowest BCUT2D eigenvalue weighted by Gasteiger charge is -2.40. The highest BCUT2D eigenvalue weighted by molar-refractivity contribution is 7.15. The first-order valence-corrected chi connectivity index (χ1v) is 8.67. The van der Waals surface area contributed by atoms with E-state index in [1.54, 1.807) is 6.20 Å². The minimum absolute atomic E-state index is 0. The van der Waals surface area contributed by atoms with E-state index >= 15 is 0 Å². The van der Waals surface area contributed by atoms with Gasteiger partial charge in [-0.3, -0.25) is 10.1 Å². The van der Waals surface area contributed by atoms with Crippen LogP contribution in [-0.4, -0.2) is 34.4 Å². The third kappa shape index (κ3) is 4.33. The van der Waals surface area contributed by atoms with Gasteiger partial charge in [-0.25, -0.2) is 4.98 Å². The van der Waals surface area contributed by atoms with Gasteiger partial charge in [-0.2, -0.15) is 0 Å². The van der Waals surface area contributed by atoms with E-state index in [0.29, 0.717) is 11.7 Å². The van der Waals surface area contributed by atoms with Crippen molar-refractivity contribution in [2.24, 2.45) is 0 Å². The zero-order valence-electron chi connectivity index (χ0n) is 13.4. The second-order valence-electron chi connectivity index (χ2n) is 5.64. The Morgan fingerprint density at radius 2 is 2.00 bits per heavy atom. The Balaban J connectivity index is 0.00000242. The maximum absolute atomic E-state index is 12.9. The van der Waals surface area contributed by atoms with Crippen molar-refractivity contribution >= 4 is 34.8 Å². The minimum atomic E-state index is -0.400. The first-order valence-electron chi connectivity index (χ1n) is 7.86. The van der Waals surface area contributed by atoms with Crippen molar-refractivity contribution < 1.29 is 4.79 Å². The number of hydrogen-bond acceptors (Lipinski definition) is 5. The number of nitrogen functional groups attached to an aromatic ring is 1. The first kappa shape index (κ1) is 19.2. The van der Waals surface area contributed by atoms with Crippen molar-refractivity contribution in [2.45, 2.75) is 58.0 Å². The second kappa shape index (κ2) is 8.70. The number of anilines is 1. The van der Waals surface area contributed by atoms with Gasteiger partial charge in [-0.15, -0.1) is 23.7 Å². The largest absolute Gasteiger partial charge is 0.375 e. The van der Waals surface area contributed by atoms with E-state index in [4.69, 9.17) is 5.73 Å². The maximum atomic E-state index is 12.9. The van der Waals surface area contributed by atoms with Crippen molar-refractivity contribution in [1.29, 1.82) is 0 Å². The minimum Gasteiger partial charge on any atom is -0.375 e. The Hall–Kier alpha value is -0.850. The van der Waals surface area contributed by atoms with Crippen LogP contribution in [0.15, 0.2) is 6.20 Å². The normalized spacial score (nSPS) is 16.8. The van der Waals surface area contributed by atoms with E-state index in [0.717, 1.165) is 43.6 Å². The molecule has 0 bridgehead atoms. The topological polar surface area (TPSA) is 71.2 Å². The fraction of sp³-hybridized carbons (Fsp3) is 0.733. The van der Waals surface area contributed by atoms with Gasteiger partial charge in [-0.1, -0.05) is 19.3 Å². The third-order valence-corrected chi connectivity index (χ3v) is 5.17. The van der Waals surface area contributed by atoms with E-state index in [-0.39, 0.29) is 18.3 Å². The summed E-state index contributed by atoms with van der Waals surface area (Å²) in [5.41, 5.74) is 5.28. The van der Waals surface area contributed by atoms with Crippen LogP contribution < -0.4 is 11.1 Å². The summed E-state index contributed by atoms with van der Waals surface area (Å²) < 4.78 is 0. The number of thiazole rings is 1. The van der Waals surface area contributed by atoms with Crippen molar-refractivity contribution in [3.8, 4) is 0 Å². The van der Waals surface area contributed by atoms with Crippen molar-refractivity contribution in [3.63, 3.8) is 0 Å². The van der Waals surface area contributed by atoms with E-state index in [1.807, 2.05) is 18.7 Å². The van der Waals surface area contributed by atoms with Crippen molar-refractivity contribution in [2.75, 3.05) is 18.8 Å². The molecule has 126 valence electrons. The highest BCUT2D eigenvalue weighted by Crippen LogP contribution is 2.31. The van der Waals surface area contributed by atoms with Gasteiger partial charge in [0.2, 0.25) is 5.91 Å². The van der Waals surface area contributed by atoms with Gasteiger partial charge in [0.15, 0.2) is 5.13 Å². The summed E-state index contributed by atoms with van der Waals surface area (Å²) in [6.07, 6.45) is 7.11. The van der Waals surface area contributed by atoms with Gasteiger partial charge >= 0.3 is 0 Å². The molecule has 1 aromatic heterocycles. The zero-order chi connectivity index (χ0) is 15.3. The number of nitrogens with zero attached hydrogens (tertiary/aromatic N) is 2. The smallest absolute Gasteiger partial charge is 0.242 e. The molecule has 2 rings (SSSR count). The fourth-order valence-corrected chi connectivity index (χ4v) is 3.72. The summed E-state index contributed by atoms with van der Waals surface area (Å²) in [5, 5.41) is 4.12. The lowest BCUT2D eigenvalue weighted by atomic mass is 9.80. The van der Waals surface area contributed by atoms with Gasteiger partial charge in [0.25, 0.3) is 0 Å². The lowest BCUT2D eigenvalue weighted by Crippen LogP contribution is -2.58. The molecule has 22 heavy (non-hydrogen) atoms. The molecule has 0 atom stereocenters. The van der Waals surface area contributed by atoms with Crippen LogP contribution in [0.5, 0.6) is 0 Å². The molecule has 1 fully saturated rings. The van der Waals surface area contributed by atoms with Crippen LogP contribution in [0.2, 0.25) is 0 Å². The van der Waals surface area contributed by atoms with Gasteiger partial charge in [0, 0.05) is 30.7 Å². The molecule has 1 amide bonds. The number of hydrogen-bond donors (Lipinski definition) is 2. The van der Waals surface area contributed by atoms with Crippen molar-refractivity contribution in [3.05, 3.63) is 11.1 Å². The summed E-state index contributed by atoms with van der Waals surface area (Å²) in [6, 6.07) is 0. The van der Waals surface area contributed by atoms with Gasteiger partial charge < -0.3 is 10.6 Å². The van der Waals surface area contributed by atoms with Gasteiger partial charge in [0.05, 0.1) is 5.54 Å². The quantitative estimate of drug-likeness (QED) is 0.830. The average Bonchev–Trinajstić information content (AvgIpc) is 2.93. The summed E-state index contributed by atoms with van der Waals surface area (Å²) in [5.74, 6) is 0.254. The SMILES string of the molecule is CCN(CC)C(=O)C1(NCc2cnc(N)s2)CCCCC1.Cl. The van der Waals surface area contributed by atoms with E-state index in [9.17, 15) is 4.79 Å². The summed E-state index contributed by atoms with van der Waals surface area (Å²) in [4.78, 5) is 20.0. The van der Waals surface area contributed by atoms with Crippen LogP contribution in [-0.2, 0) is 11.3 Å². The van der Waals surface area contributed by atoms with Gasteiger partial charge in [-0.05, 0) is 26.7 Å². The third-order valence-electron chi connectivity index (χ3n) is 4.34. The summed E-state index contributed by atoms with van der Waals surface area (Å²) in [6.45, 7) is 6.30. The Bertz CT molecular complexity index is 470. The highest BCUT2D eigenvalue weighted by Gasteiger charge is 2.40. The van der Waals surface area contributed by atoms with Crippen LogP contribution in [0.4, 0.5) is 5.13 Å².